The number of carbonyl (C=O) groups excluding carboxylic acids is 1. The van der Waals surface area contributed by atoms with E-state index in [2.05, 4.69) is 22.0 Å². The Labute approximate surface area is 134 Å². The van der Waals surface area contributed by atoms with Gasteiger partial charge >= 0.3 is 0 Å². The van der Waals surface area contributed by atoms with Gasteiger partial charge in [0.05, 0.1) is 0 Å². The molecule has 122 valence electrons. The fraction of sp³-hybridized carbons (Fsp3) is 0.667. The number of amides is 1. The highest BCUT2D eigenvalue weighted by Gasteiger charge is 2.37. The number of likely N-dealkylation sites (tertiary alicyclic amines) is 1. The molecule has 2 fully saturated rings. The lowest BCUT2D eigenvalue weighted by molar-refractivity contribution is -0.131. The molecule has 0 saturated carbocycles. The lowest BCUT2D eigenvalue weighted by Gasteiger charge is -2.47. The summed E-state index contributed by atoms with van der Waals surface area (Å²) in [6.45, 7) is 9.84. The molecule has 2 saturated heterocycles. The van der Waals surface area contributed by atoms with Crippen LogP contribution in [-0.4, -0.2) is 42.0 Å². The average Bonchev–Trinajstić information content (AvgIpc) is 2.59. The van der Waals surface area contributed by atoms with Crippen molar-refractivity contribution < 1.29 is 4.79 Å². The van der Waals surface area contributed by atoms with E-state index < -0.39 is 0 Å². The Morgan fingerprint density at radius 3 is 2.00 bits per heavy atom. The maximum absolute atomic E-state index is 11.4. The lowest BCUT2D eigenvalue weighted by Crippen LogP contribution is -2.47. The van der Waals surface area contributed by atoms with Gasteiger partial charge in [0.1, 0.15) is 0 Å². The summed E-state index contributed by atoms with van der Waals surface area (Å²) in [4.78, 5) is 20.0. The zero-order valence-corrected chi connectivity index (χ0v) is 14.2. The normalized spacial score (nSPS) is 20.3. The van der Waals surface area contributed by atoms with Crippen LogP contribution in [-0.2, 0) is 4.79 Å². The van der Waals surface area contributed by atoms with Crippen molar-refractivity contribution in [3.8, 4) is 0 Å². The number of hydrogen-bond donors (Lipinski definition) is 0. The lowest BCUT2D eigenvalue weighted by atomic mass is 9.71. The second kappa shape index (κ2) is 7.61. The molecule has 0 aromatic carbocycles. The van der Waals surface area contributed by atoms with Gasteiger partial charge < -0.3 is 9.80 Å². The standard InChI is InChI=1S/C16H23N3O.C2H6/c1-14(20)18-10-4-16(5-11-18)6-12-19(13-7-16)15-2-8-17-9-3-15;1-2/h2-3,8-9H,4-7,10-13H2,1H3;1-2H3. The molecule has 3 heterocycles. The van der Waals surface area contributed by atoms with Gasteiger partial charge in [-0.05, 0) is 43.2 Å². The summed E-state index contributed by atoms with van der Waals surface area (Å²) in [6, 6.07) is 4.19. The van der Waals surface area contributed by atoms with Crippen molar-refractivity contribution in [2.45, 2.75) is 46.5 Å². The molecule has 1 aromatic heterocycles. The van der Waals surface area contributed by atoms with Crippen molar-refractivity contribution in [3.63, 3.8) is 0 Å². The molecule has 3 rings (SSSR count). The highest BCUT2D eigenvalue weighted by Crippen LogP contribution is 2.42. The van der Waals surface area contributed by atoms with Crippen LogP contribution in [0.3, 0.4) is 0 Å². The third-order valence-corrected chi connectivity index (χ3v) is 5.12. The predicted molar refractivity (Wildman–Crippen MR) is 91.0 cm³/mol. The summed E-state index contributed by atoms with van der Waals surface area (Å²) in [7, 11) is 0. The zero-order valence-electron chi connectivity index (χ0n) is 14.2. The number of nitrogens with zero attached hydrogens (tertiary/aromatic N) is 3. The van der Waals surface area contributed by atoms with Gasteiger partial charge in [0.2, 0.25) is 5.91 Å². The molecule has 4 nitrogen and oxygen atoms in total. The Hall–Kier alpha value is -1.58. The van der Waals surface area contributed by atoms with Crippen LogP contribution in [0.2, 0.25) is 0 Å². The van der Waals surface area contributed by atoms with E-state index >= 15 is 0 Å². The van der Waals surface area contributed by atoms with Gasteiger partial charge in [0.25, 0.3) is 0 Å². The van der Waals surface area contributed by atoms with Crippen LogP contribution >= 0.6 is 0 Å². The summed E-state index contributed by atoms with van der Waals surface area (Å²) in [5, 5.41) is 0. The van der Waals surface area contributed by atoms with Crippen molar-refractivity contribution >= 4 is 11.6 Å². The molecule has 0 N–H and O–H groups in total. The number of piperidine rings is 2. The van der Waals surface area contributed by atoms with Crippen molar-refractivity contribution in [2.75, 3.05) is 31.1 Å². The van der Waals surface area contributed by atoms with Gasteiger partial charge in [-0.3, -0.25) is 9.78 Å². The van der Waals surface area contributed by atoms with E-state index in [4.69, 9.17) is 0 Å². The molecular formula is C18H29N3O. The van der Waals surface area contributed by atoms with Crippen LogP contribution in [0.15, 0.2) is 24.5 Å². The third kappa shape index (κ3) is 3.79. The van der Waals surface area contributed by atoms with Crippen LogP contribution in [0.4, 0.5) is 5.69 Å². The van der Waals surface area contributed by atoms with Gasteiger partial charge in [-0.15, -0.1) is 0 Å². The zero-order chi connectivity index (χ0) is 16.0. The molecular weight excluding hydrogens is 274 g/mol. The summed E-state index contributed by atoms with van der Waals surface area (Å²) >= 11 is 0. The van der Waals surface area contributed by atoms with Crippen molar-refractivity contribution in [1.29, 1.82) is 0 Å². The van der Waals surface area contributed by atoms with Gasteiger partial charge in [0.15, 0.2) is 0 Å². The quantitative estimate of drug-likeness (QED) is 0.798. The number of rotatable bonds is 1. The maximum Gasteiger partial charge on any atom is 0.219 e. The van der Waals surface area contributed by atoms with E-state index in [0.29, 0.717) is 5.41 Å². The first-order valence-corrected chi connectivity index (χ1v) is 8.59. The van der Waals surface area contributed by atoms with Crippen LogP contribution in [0.1, 0.15) is 46.5 Å². The van der Waals surface area contributed by atoms with E-state index in [0.717, 1.165) is 26.2 Å². The Morgan fingerprint density at radius 1 is 1.00 bits per heavy atom. The van der Waals surface area contributed by atoms with Crippen molar-refractivity contribution in [3.05, 3.63) is 24.5 Å². The molecule has 0 unspecified atom stereocenters. The Morgan fingerprint density at radius 2 is 1.50 bits per heavy atom. The number of pyridine rings is 1. The minimum Gasteiger partial charge on any atom is -0.371 e. The highest BCUT2D eigenvalue weighted by atomic mass is 16.2. The van der Waals surface area contributed by atoms with Gasteiger partial charge in [-0.25, -0.2) is 0 Å². The number of hydrogen-bond acceptors (Lipinski definition) is 3. The topological polar surface area (TPSA) is 36.4 Å². The van der Waals surface area contributed by atoms with E-state index in [1.807, 2.05) is 31.1 Å². The molecule has 2 aliphatic rings. The number of carbonyl (C=O) groups is 1. The monoisotopic (exact) mass is 303 g/mol. The molecule has 1 amide bonds. The summed E-state index contributed by atoms with van der Waals surface area (Å²) < 4.78 is 0. The third-order valence-electron chi connectivity index (χ3n) is 5.12. The van der Waals surface area contributed by atoms with E-state index in [1.54, 1.807) is 6.92 Å². The minimum atomic E-state index is 0.231. The molecule has 0 bridgehead atoms. The van der Waals surface area contributed by atoms with Gasteiger partial charge in [0, 0.05) is 51.2 Å². The average molecular weight is 303 g/mol. The number of aromatic nitrogens is 1. The predicted octanol–water partition coefficient (Wildman–Crippen LogP) is 3.34. The molecule has 22 heavy (non-hydrogen) atoms. The van der Waals surface area contributed by atoms with E-state index in [1.165, 1.54) is 31.4 Å². The second-order valence-electron chi connectivity index (χ2n) is 6.20. The maximum atomic E-state index is 11.4. The first-order valence-electron chi connectivity index (χ1n) is 8.59. The van der Waals surface area contributed by atoms with Gasteiger partial charge in [-0.1, -0.05) is 13.8 Å². The molecule has 0 radical (unpaired) electrons. The Bertz CT molecular complexity index is 456. The van der Waals surface area contributed by atoms with Crippen LogP contribution in [0.5, 0.6) is 0 Å². The highest BCUT2D eigenvalue weighted by molar-refractivity contribution is 5.73. The van der Waals surface area contributed by atoms with Crippen molar-refractivity contribution in [2.24, 2.45) is 5.41 Å². The SMILES string of the molecule is CC.CC(=O)N1CCC2(CC1)CCN(c1ccncc1)CC2. The Kier molecular flexibility index (Phi) is 5.81. The fourth-order valence-corrected chi connectivity index (χ4v) is 3.59. The van der Waals surface area contributed by atoms with Crippen molar-refractivity contribution in [1.82, 2.24) is 9.88 Å². The molecule has 4 heteroatoms. The fourth-order valence-electron chi connectivity index (χ4n) is 3.59. The first kappa shape index (κ1) is 16.8. The largest absolute Gasteiger partial charge is 0.371 e. The smallest absolute Gasteiger partial charge is 0.219 e. The van der Waals surface area contributed by atoms with Gasteiger partial charge in [-0.2, -0.15) is 0 Å². The van der Waals surface area contributed by atoms with E-state index in [9.17, 15) is 4.79 Å². The molecule has 1 spiro atoms. The minimum absolute atomic E-state index is 0.231. The van der Waals surface area contributed by atoms with Crippen LogP contribution in [0, 0.1) is 5.41 Å². The first-order chi connectivity index (χ1) is 10.7. The molecule has 0 aliphatic carbocycles. The van der Waals surface area contributed by atoms with Crippen LogP contribution < -0.4 is 4.90 Å². The summed E-state index contributed by atoms with van der Waals surface area (Å²) in [5.41, 5.74) is 1.77. The van der Waals surface area contributed by atoms with E-state index in [-0.39, 0.29) is 5.91 Å². The molecule has 0 atom stereocenters. The Balaban J connectivity index is 0.000000847. The molecule has 2 aliphatic heterocycles. The number of anilines is 1. The molecule has 1 aromatic rings. The second-order valence-corrected chi connectivity index (χ2v) is 6.20. The summed E-state index contributed by atoms with van der Waals surface area (Å²) in [5.74, 6) is 0.231. The van der Waals surface area contributed by atoms with Crippen LogP contribution in [0.25, 0.3) is 0 Å². The summed E-state index contributed by atoms with van der Waals surface area (Å²) in [6.07, 6.45) is 8.59.